The number of likely N-dealkylation sites (N-methyl/N-ethyl adjacent to an activating group) is 1. The van der Waals surface area contributed by atoms with Crippen LogP contribution < -0.4 is 11.3 Å². The minimum Gasteiger partial charge on any atom is -0.300 e. The zero-order valence-corrected chi connectivity index (χ0v) is 12.4. The maximum absolute atomic E-state index is 5.84. The maximum Gasteiger partial charge on any atom is 0.0705 e. The SMILES string of the molecule is CN1CCSCC1C(NN)c1ccc2cccnc2c1. The van der Waals surface area contributed by atoms with Crippen molar-refractivity contribution in [2.45, 2.75) is 12.1 Å². The zero-order valence-electron chi connectivity index (χ0n) is 11.6. The summed E-state index contributed by atoms with van der Waals surface area (Å²) in [5.41, 5.74) is 5.23. The van der Waals surface area contributed by atoms with Crippen LogP contribution >= 0.6 is 11.8 Å². The molecule has 3 rings (SSSR count). The molecular weight excluding hydrogens is 268 g/mol. The van der Waals surface area contributed by atoms with E-state index in [1.807, 2.05) is 24.0 Å². The van der Waals surface area contributed by atoms with Crippen LogP contribution in [-0.2, 0) is 0 Å². The second kappa shape index (κ2) is 6.10. The summed E-state index contributed by atoms with van der Waals surface area (Å²) in [6, 6.07) is 11.0. The topological polar surface area (TPSA) is 54.2 Å². The van der Waals surface area contributed by atoms with E-state index in [2.05, 4.69) is 46.6 Å². The predicted octanol–water partition coefficient (Wildman–Crippen LogP) is 1.79. The standard InChI is InChI=1S/C15H20N4S/c1-19-7-8-20-10-14(19)15(18-16)12-5-4-11-3-2-6-17-13(11)9-12/h2-6,9,14-15,18H,7-8,10,16H2,1H3. The molecule has 20 heavy (non-hydrogen) atoms. The Morgan fingerprint density at radius 2 is 2.35 bits per heavy atom. The molecule has 5 heteroatoms. The molecule has 1 aromatic carbocycles. The van der Waals surface area contributed by atoms with Crippen LogP contribution in [0.3, 0.4) is 0 Å². The molecule has 0 saturated carbocycles. The molecule has 3 N–H and O–H groups in total. The van der Waals surface area contributed by atoms with Crippen LogP contribution in [0.2, 0.25) is 0 Å². The first kappa shape index (κ1) is 13.8. The van der Waals surface area contributed by atoms with Gasteiger partial charge in [-0.1, -0.05) is 18.2 Å². The largest absolute Gasteiger partial charge is 0.300 e. The second-order valence-corrected chi connectivity index (χ2v) is 6.37. The smallest absolute Gasteiger partial charge is 0.0705 e. The van der Waals surface area contributed by atoms with Gasteiger partial charge in [-0.3, -0.25) is 21.2 Å². The van der Waals surface area contributed by atoms with Gasteiger partial charge >= 0.3 is 0 Å². The summed E-state index contributed by atoms with van der Waals surface area (Å²) >= 11 is 2.00. The Morgan fingerprint density at radius 1 is 1.45 bits per heavy atom. The van der Waals surface area contributed by atoms with Crippen LogP contribution in [0, 0.1) is 0 Å². The van der Waals surface area contributed by atoms with E-state index in [1.165, 1.54) is 16.7 Å². The Morgan fingerprint density at radius 3 is 3.15 bits per heavy atom. The summed E-state index contributed by atoms with van der Waals surface area (Å²) in [4.78, 5) is 6.83. The van der Waals surface area contributed by atoms with Gasteiger partial charge in [-0.25, -0.2) is 0 Å². The van der Waals surface area contributed by atoms with E-state index >= 15 is 0 Å². The van der Waals surface area contributed by atoms with Gasteiger partial charge in [0.25, 0.3) is 0 Å². The zero-order chi connectivity index (χ0) is 13.9. The summed E-state index contributed by atoms with van der Waals surface area (Å²) in [5, 5.41) is 1.17. The maximum atomic E-state index is 5.84. The van der Waals surface area contributed by atoms with Gasteiger partial charge in [0, 0.05) is 35.7 Å². The van der Waals surface area contributed by atoms with Crippen molar-refractivity contribution < 1.29 is 0 Å². The number of hydrogen-bond donors (Lipinski definition) is 2. The number of pyridine rings is 1. The summed E-state index contributed by atoms with van der Waals surface area (Å²) in [6.45, 7) is 1.11. The Labute approximate surface area is 123 Å². The lowest BCUT2D eigenvalue weighted by Crippen LogP contribution is -2.49. The van der Waals surface area contributed by atoms with Gasteiger partial charge in [0.2, 0.25) is 0 Å². The fourth-order valence-electron chi connectivity index (χ4n) is 2.76. The van der Waals surface area contributed by atoms with Gasteiger partial charge in [0.15, 0.2) is 0 Å². The van der Waals surface area contributed by atoms with Crippen LogP contribution in [-0.4, -0.2) is 41.0 Å². The number of thioether (sulfide) groups is 1. The van der Waals surface area contributed by atoms with E-state index in [9.17, 15) is 0 Å². The van der Waals surface area contributed by atoms with Crippen molar-refractivity contribution in [2.75, 3.05) is 25.1 Å². The van der Waals surface area contributed by atoms with E-state index < -0.39 is 0 Å². The highest BCUT2D eigenvalue weighted by atomic mass is 32.2. The molecule has 0 radical (unpaired) electrons. The molecule has 1 aliphatic rings. The number of aromatic nitrogens is 1. The van der Waals surface area contributed by atoms with Gasteiger partial charge in [0.05, 0.1) is 11.6 Å². The second-order valence-electron chi connectivity index (χ2n) is 5.22. The number of hydrogen-bond acceptors (Lipinski definition) is 5. The Balaban J connectivity index is 1.93. The van der Waals surface area contributed by atoms with Gasteiger partial charge in [-0.05, 0) is 24.7 Å². The van der Waals surface area contributed by atoms with E-state index in [4.69, 9.17) is 5.84 Å². The summed E-state index contributed by atoms with van der Waals surface area (Å²) in [7, 11) is 2.17. The molecule has 1 aromatic heterocycles. The van der Waals surface area contributed by atoms with E-state index in [0.29, 0.717) is 6.04 Å². The molecule has 2 aromatic rings. The molecule has 2 atom stereocenters. The van der Waals surface area contributed by atoms with Gasteiger partial charge in [0.1, 0.15) is 0 Å². The lowest BCUT2D eigenvalue weighted by Gasteiger charge is -2.37. The summed E-state index contributed by atoms with van der Waals surface area (Å²) < 4.78 is 0. The Bertz CT molecular complexity index is 589. The van der Waals surface area contributed by atoms with Gasteiger partial charge in [-0.2, -0.15) is 11.8 Å². The predicted molar refractivity (Wildman–Crippen MR) is 85.6 cm³/mol. The Hall–Kier alpha value is -1.14. The Kier molecular flexibility index (Phi) is 4.21. The first-order chi connectivity index (χ1) is 9.79. The van der Waals surface area contributed by atoms with Crippen LogP contribution in [0.4, 0.5) is 0 Å². The fourth-order valence-corrected chi connectivity index (χ4v) is 4.03. The average Bonchev–Trinajstić information content (AvgIpc) is 2.50. The summed E-state index contributed by atoms with van der Waals surface area (Å²) in [5.74, 6) is 8.14. The van der Waals surface area contributed by atoms with Crippen LogP contribution in [0.1, 0.15) is 11.6 Å². The molecule has 4 nitrogen and oxygen atoms in total. The van der Waals surface area contributed by atoms with Crippen molar-refractivity contribution in [2.24, 2.45) is 5.84 Å². The number of nitrogens with zero attached hydrogens (tertiary/aromatic N) is 2. The minimum absolute atomic E-state index is 0.138. The lowest BCUT2D eigenvalue weighted by molar-refractivity contribution is 0.216. The normalized spacial score (nSPS) is 22.0. The van der Waals surface area contributed by atoms with Gasteiger partial charge < -0.3 is 0 Å². The third-order valence-corrected chi connectivity index (χ3v) is 5.04. The number of rotatable bonds is 3. The van der Waals surface area contributed by atoms with Crippen molar-refractivity contribution >= 4 is 22.7 Å². The number of hydrazine groups is 1. The van der Waals surface area contributed by atoms with Crippen LogP contribution in [0.25, 0.3) is 10.9 Å². The van der Waals surface area contributed by atoms with Crippen molar-refractivity contribution in [3.05, 3.63) is 42.1 Å². The quantitative estimate of drug-likeness (QED) is 0.666. The van der Waals surface area contributed by atoms with Crippen LogP contribution in [0.15, 0.2) is 36.5 Å². The lowest BCUT2D eigenvalue weighted by atomic mass is 9.98. The van der Waals surface area contributed by atoms with Crippen molar-refractivity contribution in [1.29, 1.82) is 0 Å². The monoisotopic (exact) mass is 288 g/mol. The molecule has 1 fully saturated rings. The number of nitrogens with two attached hydrogens (primary N) is 1. The highest BCUT2D eigenvalue weighted by Gasteiger charge is 2.28. The molecule has 0 spiro atoms. The third kappa shape index (κ3) is 2.67. The highest BCUT2D eigenvalue weighted by Crippen LogP contribution is 2.27. The van der Waals surface area contributed by atoms with Crippen molar-refractivity contribution in [1.82, 2.24) is 15.3 Å². The molecule has 106 valence electrons. The first-order valence-electron chi connectivity index (χ1n) is 6.88. The molecule has 0 amide bonds. The van der Waals surface area contributed by atoms with Crippen molar-refractivity contribution in [3.8, 4) is 0 Å². The minimum atomic E-state index is 0.138. The van der Waals surface area contributed by atoms with Crippen molar-refractivity contribution in [3.63, 3.8) is 0 Å². The van der Waals surface area contributed by atoms with E-state index in [-0.39, 0.29) is 6.04 Å². The molecule has 2 unspecified atom stereocenters. The highest BCUT2D eigenvalue weighted by molar-refractivity contribution is 7.99. The molecule has 0 bridgehead atoms. The summed E-state index contributed by atoms with van der Waals surface area (Å²) in [6.07, 6.45) is 1.83. The van der Waals surface area contributed by atoms with Crippen LogP contribution in [0.5, 0.6) is 0 Å². The first-order valence-corrected chi connectivity index (χ1v) is 8.04. The molecule has 0 aliphatic carbocycles. The third-order valence-electron chi connectivity index (χ3n) is 4.00. The van der Waals surface area contributed by atoms with E-state index in [1.54, 1.807) is 0 Å². The molecule has 1 saturated heterocycles. The number of nitrogens with one attached hydrogen (secondary N) is 1. The number of benzene rings is 1. The molecule has 1 aliphatic heterocycles. The average molecular weight is 288 g/mol. The van der Waals surface area contributed by atoms with Gasteiger partial charge in [-0.15, -0.1) is 0 Å². The molecule has 2 heterocycles. The fraction of sp³-hybridized carbons (Fsp3) is 0.400. The number of fused-ring (bicyclic) bond motifs is 1. The van der Waals surface area contributed by atoms with E-state index in [0.717, 1.165) is 17.8 Å². The molecular formula is C15H20N4S.